The van der Waals surface area contributed by atoms with Crippen molar-refractivity contribution in [3.05, 3.63) is 0 Å². The molecule has 0 atom stereocenters. The molecule has 8 nitrogen and oxygen atoms in total. The molecule has 0 saturated heterocycles. The Labute approximate surface area is 129 Å². The van der Waals surface area contributed by atoms with E-state index in [1.54, 1.807) is 13.8 Å². The SMILES string of the molecule is CCC(CC)(CC(=O)O)C(=O)O.O=S(=O)(O)O.[H-].[Na+]. The summed E-state index contributed by atoms with van der Waals surface area (Å²) in [5.74, 6) is -2.07. The van der Waals surface area contributed by atoms with E-state index in [4.69, 9.17) is 27.7 Å². The van der Waals surface area contributed by atoms with Crippen LogP contribution >= 0.6 is 0 Å². The van der Waals surface area contributed by atoms with Crippen molar-refractivity contribution in [2.75, 3.05) is 0 Å². The van der Waals surface area contributed by atoms with Crippen LogP contribution in [0.15, 0.2) is 0 Å². The van der Waals surface area contributed by atoms with E-state index in [-0.39, 0.29) is 37.4 Å². The monoisotopic (exact) mass is 296 g/mol. The third kappa shape index (κ3) is 12.3. The molecule has 0 spiro atoms. The molecule has 0 aromatic heterocycles. The molecule has 0 rings (SSSR count). The zero-order chi connectivity index (χ0) is 14.3. The molecule has 0 unspecified atom stereocenters. The first-order chi connectivity index (χ1) is 7.48. The van der Waals surface area contributed by atoms with Gasteiger partial charge in [0.05, 0.1) is 11.8 Å². The number of aliphatic carboxylic acids is 2. The maximum absolute atomic E-state index is 10.8. The summed E-state index contributed by atoms with van der Waals surface area (Å²) in [5.41, 5.74) is -1.08. The van der Waals surface area contributed by atoms with Gasteiger partial charge >= 0.3 is 51.9 Å². The second-order valence-electron chi connectivity index (χ2n) is 3.31. The van der Waals surface area contributed by atoms with Crippen LogP contribution in [0.3, 0.4) is 0 Å². The van der Waals surface area contributed by atoms with Crippen LogP contribution in [0.4, 0.5) is 0 Å². The van der Waals surface area contributed by atoms with Crippen LogP contribution in [0.1, 0.15) is 34.5 Å². The average molecular weight is 296 g/mol. The molecule has 0 fully saturated rings. The van der Waals surface area contributed by atoms with Gasteiger partial charge in [-0.3, -0.25) is 18.7 Å². The smallest absolute Gasteiger partial charge is 1.00 e. The minimum absolute atomic E-state index is 0. The fourth-order valence-electron chi connectivity index (χ4n) is 1.17. The quantitative estimate of drug-likeness (QED) is 0.330. The van der Waals surface area contributed by atoms with Crippen molar-refractivity contribution in [2.24, 2.45) is 5.41 Å². The molecule has 0 aliphatic carbocycles. The van der Waals surface area contributed by atoms with Gasteiger partial charge < -0.3 is 11.6 Å². The molecule has 0 radical (unpaired) electrons. The maximum Gasteiger partial charge on any atom is 1.00 e. The van der Waals surface area contributed by atoms with E-state index in [2.05, 4.69) is 0 Å². The zero-order valence-electron chi connectivity index (χ0n) is 11.5. The van der Waals surface area contributed by atoms with E-state index in [9.17, 15) is 9.59 Å². The van der Waals surface area contributed by atoms with Gasteiger partial charge in [-0.1, -0.05) is 13.8 Å². The molecule has 0 amide bonds. The number of rotatable bonds is 5. The minimum atomic E-state index is -4.67. The van der Waals surface area contributed by atoms with Gasteiger partial charge in [0.25, 0.3) is 0 Å². The predicted octanol–water partition coefficient (Wildman–Crippen LogP) is -2.18. The van der Waals surface area contributed by atoms with Crippen LogP contribution in [0.25, 0.3) is 0 Å². The van der Waals surface area contributed by atoms with Crippen LogP contribution in [0.5, 0.6) is 0 Å². The number of carbonyl (C=O) groups is 2. The summed E-state index contributed by atoms with van der Waals surface area (Å²) in [6, 6.07) is 0. The molecule has 4 N–H and O–H groups in total. The minimum Gasteiger partial charge on any atom is -1.00 e. The van der Waals surface area contributed by atoms with Crippen molar-refractivity contribution in [3.63, 3.8) is 0 Å². The van der Waals surface area contributed by atoms with Crippen molar-refractivity contribution < 1.29 is 68.3 Å². The van der Waals surface area contributed by atoms with Gasteiger partial charge in [-0.2, -0.15) is 8.42 Å². The Morgan fingerprint density at radius 3 is 1.44 bits per heavy atom. The van der Waals surface area contributed by atoms with Gasteiger partial charge in [0.1, 0.15) is 0 Å². The molecule has 0 aromatic carbocycles. The summed E-state index contributed by atoms with van der Waals surface area (Å²) < 4.78 is 31.6. The van der Waals surface area contributed by atoms with Gasteiger partial charge in [-0.15, -0.1) is 0 Å². The summed E-state index contributed by atoms with van der Waals surface area (Å²) in [6.45, 7) is 3.39. The molecule has 0 heterocycles. The summed E-state index contributed by atoms with van der Waals surface area (Å²) in [6.07, 6.45) is 0.408. The van der Waals surface area contributed by atoms with Crippen molar-refractivity contribution in [3.8, 4) is 0 Å². The largest absolute Gasteiger partial charge is 1.00 e. The first kappa shape index (κ1) is 22.9. The molecule has 0 aliphatic rings. The Morgan fingerprint density at radius 2 is 1.39 bits per heavy atom. The van der Waals surface area contributed by atoms with Crippen LogP contribution in [0.2, 0.25) is 0 Å². The van der Waals surface area contributed by atoms with Crippen molar-refractivity contribution >= 4 is 22.3 Å². The molecule has 10 heteroatoms. The van der Waals surface area contributed by atoms with E-state index in [0.29, 0.717) is 12.8 Å². The van der Waals surface area contributed by atoms with E-state index in [0.717, 1.165) is 0 Å². The van der Waals surface area contributed by atoms with E-state index < -0.39 is 27.8 Å². The summed E-state index contributed by atoms with van der Waals surface area (Å²) >= 11 is 0. The summed E-state index contributed by atoms with van der Waals surface area (Å²) in [5, 5.41) is 17.3. The Hall–Kier alpha value is -0.190. The number of carboxylic acid groups (broad SMARTS) is 2. The second-order valence-corrected chi connectivity index (χ2v) is 4.21. The molecular formula is C8H17NaO8S. The normalized spacial score (nSPS) is 10.7. The van der Waals surface area contributed by atoms with Crippen LogP contribution in [0, 0.1) is 5.41 Å². The van der Waals surface area contributed by atoms with Crippen molar-refractivity contribution in [1.82, 2.24) is 0 Å². The van der Waals surface area contributed by atoms with E-state index in [1.165, 1.54) is 0 Å². The molecule has 0 aliphatic heterocycles. The third-order valence-corrected chi connectivity index (χ3v) is 2.30. The van der Waals surface area contributed by atoms with Crippen LogP contribution < -0.4 is 29.6 Å². The van der Waals surface area contributed by atoms with Crippen molar-refractivity contribution in [1.29, 1.82) is 0 Å². The van der Waals surface area contributed by atoms with Gasteiger partial charge in [-0.25, -0.2) is 0 Å². The molecular weight excluding hydrogens is 279 g/mol. The van der Waals surface area contributed by atoms with Gasteiger partial charge in [0.2, 0.25) is 0 Å². The fraction of sp³-hybridized carbons (Fsp3) is 0.750. The first-order valence-electron chi connectivity index (χ1n) is 4.63. The van der Waals surface area contributed by atoms with Crippen molar-refractivity contribution in [2.45, 2.75) is 33.1 Å². The first-order valence-corrected chi connectivity index (χ1v) is 6.03. The summed E-state index contributed by atoms with van der Waals surface area (Å²) in [7, 11) is -4.67. The van der Waals surface area contributed by atoms with E-state index >= 15 is 0 Å². The molecule has 0 aromatic rings. The van der Waals surface area contributed by atoms with E-state index in [1.807, 2.05) is 0 Å². The number of hydrogen-bond acceptors (Lipinski definition) is 4. The predicted molar refractivity (Wildman–Crippen MR) is 58.2 cm³/mol. The molecule has 104 valence electrons. The number of carboxylic acids is 2. The topological polar surface area (TPSA) is 149 Å². The Balaban J connectivity index is -0.000000139. The van der Waals surface area contributed by atoms with Crippen LogP contribution in [-0.4, -0.2) is 39.7 Å². The van der Waals surface area contributed by atoms with Crippen LogP contribution in [-0.2, 0) is 20.0 Å². The average Bonchev–Trinajstić information content (AvgIpc) is 2.10. The van der Waals surface area contributed by atoms with Gasteiger partial charge in [0.15, 0.2) is 0 Å². The standard InChI is InChI=1S/C8H14O4.Na.H2O4S.H/c1-3-8(4-2,7(11)12)5-6(9)10;;1-5(2,3)4;/h3-5H2,1-2H3,(H,9,10)(H,11,12);;(H2,1,2,3,4);/q;+1;;-1. The van der Waals surface area contributed by atoms with Gasteiger partial charge in [0, 0.05) is 0 Å². The Morgan fingerprint density at radius 1 is 1.11 bits per heavy atom. The Bertz CT molecular complexity index is 357. The molecule has 0 bridgehead atoms. The zero-order valence-corrected chi connectivity index (χ0v) is 13.3. The Kier molecular flexibility index (Phi) is 12.4. The summed E-state index contributed by atoms with van der Waals surface area (Å²) in [4.78, 5) is 21.1. The molecule has 18 heavy (non-hydrogen) atoms. The molecule has 0 saturated carbocycles. The van der Waals surface area contributed by atoms with Gasteiger partial charge in [-0.05, 0) is 12.8 Å². The fourth-order valence-corrected chi connectivity index (χ4v) is 1.17. The third-order valence-electron chi connectivity index (χ3n) is 2.30. The number of hydrogen-bond donors (Lipinski definition) is 4. The maximum atomic E-state index is 10.8. The second kappa shape index (κ2) is 9.70.